The Morgan fingerprint density at radius 2 is 2.17 bits per heavy atom. The van der Waals surface area contributed by atoms with E-state index in [1.54, 1.807) is 18.3 Å². The Bertz CT molecular complexity index is 741. The summed E-state index contributed by atoms with van der Waals surface area (Å²) in [6.45, 7) is 2.16. The van der Waals surface area contributed by atoms with Crippen molar-refractivity contribution in [3.63, 3.8) is 0 Å². The molecule has 0 aliphatic heterocycles. The van der Waals surface area contributed by atoms with Crippen LogP contribution in [0.3, 0.4) is 0 Å². The van der Waals surface area contributed by atoms with Gasteiger partial charge in [0.25, 0.3) is 0 Å². The van der Waals surface area contributed by atoms with Gasteiger partial charge < -0.3 is 10.1 Å². The number of amides is 1. The second-order valence-corrected chi connectivity index (χ2v) is 6.05. The Hall–Kier alpha value is -2.81. The molecular weight excluding hydrogens is 304 g/mol. The van der Waals surface area contributed by atoms with Crippen molar-refractivity contribution in [2.24, 2.45) is 5.92 Å². The number of rotatable bonds is 7. The largest absolute Gasteiger partial charge is 0.479 e. The van der Waals surface area contributed by atoms with E-state index in [1.165, 1.54) is 12.8 Å². The third-order valence-electron chi connectivity index (χ3n) is 4.22. The zero-order chi connectivity index (χ0) is 16.9. The minimum Gasteiger partial charge on any atom is -0.479 e. The van der Waals surface area contributed by atoms with Crippen molar-refractivity contribution in [1.29, 1.82) is 5.26 Å². The van der Waals surface area contributed by atoms with Gasteiger partial charge in [0.1, 0.15) is 17.6 Å². The van der Waals surface area contributed by atoms with Crippen molar-refractivity contribution in [3.8, 4) is 11.8 Å². The van der Waals surface area contributed by atoms with Crippen LogP contribution in [-0.2, 0) is 11.2 Å². The molecule has 1 amide bonds. The van der Waals surface area contributed by atoms with Crippen LogP contribution in [0.2, 0.25) is 0 Å². The standard InChI is InChI=1S/C18H20N4O2/c1-13(15-4-5-15)22-17(8-10-20-22)21-18(23)12-14-2-6-16(7-3-14)24-11-9-19/h2-3,6-8,10,13,15H,4-5,11-12H2,1H3,(H,21,23). The molecule has 1 saturated carbocycles. The molecule has 1 aromatic carbocycles. The van der Waals surface area contributed by atoms with Crippen LogP contribution < -0.4 is 10.1 Å². The maximum atomic E-state index is 12.3. The fraction of sp³-hybridized carbons (Fsp3) is 0.389. The average Bonchev–Trinajstić information content (AvgIpc) is 3.33. The number of benzene rings is 1. The van der Waals surface area contributed by atoms with Gasteiger partial charge in [-0.25, -0.2) is 4.68 Å². The van der Waals surface area contributed by atoms with Gasteiger partial charge in [0.05, 0.1) is 18.7 Å². The van der Waals surface area contributed by atoms with Crippen LogP contribution >= 0.6 is 0 Å². The Morgan fingerprint density at radius 1 is 1.42 bits per heavy atom. The highest BCUT2D eigenvalue weighted by molar-refractivity contribution is 5.91. The molecule has 1 unspecified atom stereocenters. The minimum atomic E-state index is -0.0783. The van der Waals surface area contributed by atoms with Crippen molar-refractivity contribution < 1.29 is 9.53 Å². The summed E-state index contributed by atoms with van der Waals surface area (Å²) in [6.07, 6.45) is 4.46. The summed E-state index contributed by atoms with van der Waals surface area (Å²) in [4.78, 5) is 12.3. The van der Waals surface area contributed by atoms with Crippen LogP contribution in [0.25, 0.3) is 0 Å². The molecule has 124 valence electrons. The zero-order valence-electron chi connectivity index (χ0n) is 13.6. The molecule has 1 aromatic heterocycles. The van der Waals surface area contributed by atoms with Crippen molar-refractivity contribution in [2.45, 2.75) is 32.2 Å². The zero-order valence-corrected chi connectivity index (χ0v) is 13.6. The van der Waals surface area contributed by atoms with Crippen molar-refractivity contribution in [1.82, 2.24) is 9.78 Å². The third kappa shape index (κ3) is 3.93. The second-order valence-electron chi connectivity index (χ2n) is 6.05. The number of carbonyl (C=O) groups excluding carboxylic acids is 1. The molecule has 0 bridgehead atoms. The Balaban J connectivity index is 1.58. The summed E-state index contributed by atoms with van der Waals surface area (Å²) in [5.41, 5.74) is 0.887. The molecule has 0 spiro atoms. The first-order valence-corrected chi connectivity index (χ1v) is 8.09. The Kier molecular flexibility index (Phi) is 4.80. The van der Waals surface area contributed by atoms with E-state index in [0.717, 1.165) is 11.4 Å². The fourth-order valence-corrected chi connectivity index (χ4v) is 2.71. The number of nitrogens with zero attached hydrogens (tertiary/aromatic N) is 3. The molecule has 1 N–H and O–H groups in total. The van der Waals surface area contributed by atoms with Gasteiger partial charge in [0.2, 0.25) is 5.91 Å². The predicted molar refractivity (Wildman–Crippen MR) is 89.5 cm³/mol. The van der Waals surface area contributed by atoms with Crippen LogP contribution in [0.5, 0.6) is 5.75 Å². The normalized spacial score (nSPS) is 14.7. The first kappa shape index (κ1) is 16.1. The number of aromatic nitrogens is 2. The summed E-state index contributed by atoms with van der Waals surface area (Å²) in [5.74, 6) is 1.96. The smallest absolute Gasteiger partial charge is 0.229 e. The van der Waals surface area contributed by atoms with Crippen molar-refractivity contribution in [3.05, 3.63) is 42.1 Å². The SMILES string of the molecule is CC(C1CC1)n1nccc1NC(=O)Cc1ccc(OCC#N)cc1. The van der Waals surface area contributed by atoms with Crippen molar-refractivity contribution >= 4 is 11.7 Å². The number of nitrogens with one attached hydrogen (secondary N) is 1. The van der Waals surface area contributed by atoms with E-state index in [2.05, 4.69) is 17.3 Å². The topological polar surface area (TPSA) is 79.9 Å². The number of anilines is 1. The quantitative estimate of drug-likeness (QED) is 0.849. The first-order valence-electron chi connectivity index (χ1n) is 8.09. The maximum absolute atomic E-state index is 12.3. The lowest BCUT2D eigenvalue weighted by Gasteiger charge is -2.15. The predicted octanol–water partition coefficient (Wildman–Crippen LogP) is 2.94. The van der Waals surface area contributed by atoms with E-state index in [9.17, 15) is 4.79 Å². The summed E-state index contributed by atoms with van der Waals surface area (Å²) in [5, 5.41) is 15.8. The Morgan fingerprint density at radius 3 is 2.83 bits per heavy atom. The molecule has 0 saturated heterocycles. The van der Waals surface area contributed by atoms with E-state index in [1.807, 2.05) is 29.0 Å². The highest BCUT2D eigenvalue weighted by Crippen LogP contribution is 2.40. The number of carbonyl (C=O) groups is 1. The molecule has 6 nitrogen and oxygen atoms in total. The van der Waals surface area contributed by atoms with E-state index in [4.69, 9.17) is 10.00 Å². The van der Waals surface area contributed by atoms with Crippen LogP contribution in [0, 0.1) is 17.2 Å². The molecule has 1 fully saturated rings. The summed E-state index contributed by atoms with van der Waals surface area (Å²) < 4.78 is 7.09. The molecule has 6 heteroatoms. The molecule has 0 radical (unpaired) electrons. The lowest BCUT2D eigenvalue weighted by atomic mass is 10.1. The van der Waals surface area contributed by atoms with E-state index in [-0.39, 0.29) is 18.9 Å². The van der Waals surface area contributed by atoms with Gasteiger partial charge in [-0.15, -0.1) is 0 Å². The van der Waals surface area contributed by atoms with Crippen LogP contribution in [0.1, 0.15) is 31.4 Å². The van der Waals surface area contributed by atoms with Crippen molar-refractivity contribution in [2.75, 3.05) is 11.9 Å². The van der Waals surface area contributed by atoms with Gasteiger partial charge in [-0.3, -0.25) is 4.79 Å². The summed E-state index contributed by atoms with van der Waals surface area (Å²) >= 11 is 0. The van der Waals surface area contributed by atoms with Crippen LogP contribution in [0.15, 0.2) is 36.5 Å². The maximum Gasteiger partial charge on any atom is 0.229 e. The fourth-order valence-electron chi connectivity index (χ4n) is 2.71. The molecule has 1 atom stereocenters. The van der Waals surface area contributed by atoms with Crippen LogP contribution in [-0.4, -0.2) is 22.3 Å². The molecule has 24 heavy (non-hydrogen) atoms. The molecule has 1 heterocycles. The number of ether oxygens (including phenoxy) is 1. The van der Waals surface area contributed by atoms with E-state index >= 15 is 0 Å². The van der Waals surface area contributed by atoms with Gasteiger partial charge >= 0.3 is 0 Å². The minimum absolute atomic E-state index is 0.0169. The summed E-state index contributed by atoms with van der Waals surface area (Å²) in [6, 6.07) is 11.2. The van der Waals surface area contributed by atoms with Gasteiger partial charge in [-0.05, 0) is 43.4 Å². The van der Waals surface area contributed by atoms with Gasteiger partial charge in [0.15, 0.2) is 6.61 Å². The third-order valence-corrected chi connectivity index (χ3v) is 4.22. The molecule has 1 aliphatic carbocycles. The van der Waals surface area contributed by atoms with Gasteiger partial charge in [-0.1, -0.05) is 12.1 Å². The monoisotopic (exact) mass is 324 g/mol. The Labute approximate surface area is 141 Å². The highest BCUT2D eigenvalue weighted by Gasteiger charge is 2.30. The molecule has 1 aliphatic rings. The molecule has 3 rings (SSSR count). The van der Waals surface area contributed by atoms with E-state index < -0.39 is 0 Å². The number of hydrogen-bond donors (Lipinski definition) is 1. The first-order chi connectivity index (χ1) is 11.7. The summed E-state index contributed by atoms with van der Waals surface area (Å²) in [7, 11) is 0. The lowest BCUT2D eigenvalue weighted by Crippen LogP contribution is -2.19. The van der Waals surface area contributed by atoms with Gasteiger partial charge in [0, 0.05) is 6.07 Å². The second kappa shape index (κ2) is 7.18. The molecule has 2 aromatic rings. The molecular formula is C18H20N4O2. The average molecular weight is 324 g/mol. The lowest BCUT2D eigenvalue weighted by molar-refractivity contribution is -0.115. The number of nitriles is 1. The number of hydrogen-bond acceptors (Lipinski definition) is 4. The van der Waals surface area contributed by atoms with Crippen LogP contribution in [0.4, 0.5) is 5.82 Å². The van der Waals surface area contributed by atoms with E-state index in [0.29, 0.717) is 17.7 Å². The highest BCUT2D eigenvalue weighted by atomic mass is 16.5. The van der Waals surface area contributed by atoms with Gasteiger partial charge in [-0.2, -0.15) is 10.4 Å².